The average molecular weight is 661 g/mol. The molecule has 6 heterocycles. The number of aromatic nitrogens is 3. The Morgan fingerprint density at radius 2 is 1.85 bits per heavy atom. The number of aromatic hydroxyl groups is 1. The number of fused-ring (bicyclic) bond motifs is 5. The second-order valence-corrected chi connectivity index (χ2v) is 13.3. The molecule has 4 fully saturated rings. The van der Waals surface area contributed by atoms with Gasteiger partial charge in [-0.05, 0) is 55.8 Å². The summed E-state index contributed by atoms with van der Waals surface area (Å²) in [6, 6.07) is 4.82. The molecule has 2 aromatic carbocycles. The molecule has 4 saturated heterocycles. The summed E-state index contributed by atoms with van der Waals surface area (Å²) in [5, 5.41) is 13.6. The highest BCUT2D eigenvalue weighted by Gasteiger charge is 2.49. The third kappa shape index (κ3) is 4.81. The van der Waals surface area contributed by atoms with Crippen LogP contribution in [0.15, 0.2) is 24.3 Å². The number of halogens is 6. The van der Waals surface area contributed by atoms with Crippen molar-refractivity contribution in [3.8, 4) is 23.0 Å². The number of nitrogens with one attached hydrogen (secondary N) is 1. The van der Waals surface area contributed by atoms with Crippen LogP contribution in [0.25, 0.3) is 32.9 Å². The highest BCUT2D eigenvalue weighted by Crippen LogP contribution is 2.44. The first-order valence-corrected chi connectivity index (χ1v) is 15.8. The maximum Gasteiger partial charge on any atom is 0.319 e. The Kier molecular flexibility index (Phi) is 7.15. The summed E-state index contributed by atoms with van der Waals surface area (Å²) in [5.41, 5.74) is -2.53. The maximum absolute atomic E-state index is 16.8. The maximum atomic E-state index is 16.8. The molecule has 242 valence electrons. The van der Waals surface area contributed by atoms with E-state index in [0.717, 1.165) is 44.4 Å². The molecule has 0 amide bonds. The van der Waals surface area contributed by atoms with Gasteiger partial charge in [-0.25, -0.2) is 26.9 Å². The Morgan fingerprint density at radius 1 is 1.07 bits per heavy atom. The Hall–Kier alpha value is -3.55. The summed E-state index contributed by atoms with van der Waals surface area (Å²) in [6.07, 6.45) is -0.484. The first kappa shape index (κ1) is 29.8. The van der Waals surface area contributed by atoms with Gasteiger partial charge in [-0.3, -0.25) is 4.90 Å². The van der Waals surface area contributed by atoms with Crippen molar-refractivity contribution in [1.29, 1.82) is 0 Å². The number of pyridine rings is 1. The molecule has 14 heteroatoms. The number of benzene rings is 2. The molecule has 4 aliphatic rings. The minimum Gasteiger partial charge on any atom is -0.508 e. The lowest BCUT2D eigenvalue weighted by atomic mass is 9.95. The highest BCUT2D eigenvalue weighted by molar-refractivity contribution is 6.37. The summed E-state index contributed by atoms with van der Waals surface area (Å²) in [7, 11) is 0. The van der Waals surface area contributed by atoms with Crippen LogP contribution in [0, 0.1) is 11.6 Å². The number of alkyl halides is 3. The fourth-order valence-corrected chi connectivity index (χ4v) is 8.25. The van der Waals surface area contributed by atoms with Gasteiger partial charge in [0.05, 0.1) is 15.9 Å². The number of hydrogen-bond donors (Lipinski definition) is 2. The lowest BCUT2D eigenvalue weighted by Crippen LogP contribution is -2.51. The smallest absolute Gasteiger partial charge is 0.319 e. The van der Waals surface area contributed by atoms with E-state index in [1.807, 2.05) is 4.90 Å². The van der Waals surface area contributed by atoms with Crippen LogP contribution in [-0.4, -0.2) is 81.5 Å². The zero-order valence-corrected chi connectivity index (χ0v) is 25.3. The normalized spacial score (nSPS) is 26.2. The van der Waals surface area contributed by atoms with Gasteiger partial charge in [0.25, 0.3) is 6.43 Å². The van der Waals surface area contributed by atoms with Crippen molar-refractivity contribution >= 4 is 39.1 Å². The van der Waals surface area contributed by atoms with Crippen LogP contribution in [0.4, 0.5) is 27.8 Å². The van der Waals surface area contributed by atoms with E-state index in [2.05, 4.69) is 25.2 Å². The van der Waals surface area contributed by atoms with Gasteiger partial charge in [0, 0.05) is 49.1 Å². The molecule has 8 nitrogen and oxygen atoms in total. The number of ether oxygens (including phenoxy) is 1. The van der Waals surface area contributed by atoms with Crippen molar-refractivity contribution in [1.82, 2.24) is 25.2 Å². The minimum absolute atomic E-state index is 0.00250. The van der Waals surface area contributed by atoms with Crippen molar-refractivity contribution in [2.75, 3.05) is 37.7 Å². The van der Waals surface area contributed by atoms with Crippen molar-refractivity contribution < 1.29 is 31.8 Å². The zero-order chi connectivity index (χ0) is 31.9. The fraction of sp³-hybridized carbons (Fsp3) is 0.469. The van der Waals surface area contributed by atoms with E-state index in [-0.39, 0.29) is 69.4 Å². The number of anilines is 1. The molecule has 4 atom stereocenters. The van der Waals surface area contributed by atoms with E-state index < -0.39 is 46.7 Å². The van der Waals surface area contributed by atoms with E-state index in [9.17, 15) is 22.7 Å². The van der Waals surface area contributed by atoms with Crippen molar-refractivity contribution in [2.24, 2.45) is 0 Å². The SMILES string of the molecule is Oc1cc(-c2nc(C(F)F)c3c(N4CC5CCC(C4)N5)nc(OC[C@@]45CCCN4C[C@H](F)C5)nc3c2F)c2c(Cl)c(F)ccc2c1. The number of hydrogen-bond acceptors (Lipinski definition) is 8. The Labute approximate surface area is 265 Å². The summed E-state index contributed by atoms with van der Waals surface area (Å²) in [5.74, 6) is -2.14. The second-order valence-electron chi connectivity index (χ2n) is 12.9. The van der Waals surface area contributed by atoms with E-state index in [4.69, 9.17) is 16.3 Å². The molecule has 2 unspecified atom stereocenters. The molecule has 46 heavy (non-hydrogen) atoms. The molecule has 8 rings (SSSR count). The molecule has 4 aromatic rings. The van der Waals surface area contributed by atoms with E-state index in [0.29, 0.717) is 19.6 Å². The van der Waals surface area contributed by atoms with Crippen LogP contribution in [0.3, 0.4) is 0 Å². The van der Waals surface area contributed by atoms with Crippen LogP contribution < -0.4 is 15.0 Å². The topological polar surface area (TPSA) is 86.6 Å². The van der Waals surface area contributed by atoms with E-state index >= 15 is 4.39 Å². The predicted octanol–water partition coefficient (Wildman–Crippen LogP) is 6.32. The second kappa shape index (κ2) is 11.0. The minimum atomic E-state index is -3.17. The lowest BCUT2D eigenvalue weighted by molar-refractivity contribution is 0.107. The number of nitrogens with zero attached hydrogens (tertiary/aromatic N) is 5. The molecule has 0 spiro atoms. The van der Waals surface area contributed by atoms with Gasteiger partial charge in [-0.15, -0.1) is 0 Å². The fourth-order valence-electron chi connectivity index (χ4n) is 7.98. The van der Waals surface area contributed by atoms with Gasteiger partial charge in [-0.1, -0.05) is 17.7 Å². The van der Waals surface area contributed by atoms with Gasteiger partial charge in [-0.2, -0.15) is 9.97 Å². The molecule has 0 radical (unpaired) electrons. The average Bonchev–Trinajstić information content (AvgIpc) is 3.67. The molecule has 2 bridgehead atoms. The summed E-state index contributed by atoms with van der Waals surface area (Å²) in [4.78, 5) is 16.9. The van der Waals surface area contributed by atoms with Crippen LogP contribution in [-0.2, 0) is 0 Å². The van der Waals surface area contributed by atoms with Gasteiger partial charge >= 0.3 is 6.01 Å². The lowest BCUT2D eigenvalue weighted by Gasteiger charge is -2.35. The van der Waals surface area contributed by atoms with Crippen molar-refractivity contribution in [2.45, 2.75) is 62.3 Å². The Balaban J connectivity index is 1.33. The summed E-state index contributed by atoms with van der Waals surface area (Å²) in [6.45, 7) is 1.99. The molecular weight excluding hydrogens is 631 g/mol. The van der Waals surface area contributed by atoms with Crippen molar-refractivity contribution in [3.05, 3.63) is 46.6 Å². The predicted molar refractivity (Wildman–Crippen MR) is 163 cm³/mol. The van der Waals surface area contributed by atoms with Gasteiger partial charge in [0.2, 0.25) is 0 Å². The monoisotopic (exact) mass is 660 g/mol. The van der Waals surface area contributed by atoms with Crippen molar-refractivity contribution in [3.63, 3.8) is 0 Å². The number of rotatable bonds is 6. The van der Waals surface area contributed by atoms with Gasteiger partial charge in [0.15, 0.2) is 5.82 Å². The standard InChI is InChI=1S/C32H30ClF5N6O2/c33-24-21(35)5-2-15-8-19(45)9-20(22(15)24)26-25(36)27-23(28(40-26)29(37)38)30(43-12-17-3-4-18(13-43)39-17)42-31(41-27)46-14-32-6-1-7-44(32)11-16(34)10-32/h2,5,8-9,16-18,29,39,45H,1,3-4,6-7,10-14H2/t16-,17?,18?,32+/m1/s1. The van der Waals surface area contributed by atoms with Crippen LogP contribution >= 0.6 is 11.6 Å². The molecule has 2 aromatic heterocycles. The zero-order valence-electron chi connectivity index (χ0n) is 24.5. The molecule has 0 aliphatic carbocycles. The highest BCUT2D eigenvalue weighted by atomic mass is 35.5. The summed E-state index contributed by atoms with van der Waals surface area (Å²) >= 11 is 6.31. The third-order valence-electron chi connectivity index (χ3n) is 9.97. The van der Waals surface area contributed by atoms with E-state index in [1.54, 1.807) is 0 Å². The molecular formula is C32H30ClF5N6O2. The number of piperazine rings is 1. The van der Waals surface area contributed by atoms with Crippen LogP contribution in [0.5, 0.6) is 11.8 Å². The Morgan fingerprint density at radius 3 is 2.61 bits per heavy atom. The quantitative estimate of drug-likeness (QED) is 0.233. The first-order valence-electron chi connectivity index (χ1n) is 15.4. The number of phenolic OH excluding ortho intramolecular Hbond substituents is 1. The van der Waals surface area contributed by atoms with Gasteiger partial charge in [0.1, 0.15) is 47.1 Å². The third-order valence-corrected chi connectivity index (χ3v) is 10.3. The van der Waals surface area contributed by atoms with Crippen LogP contribution in [0.1, 0.15) is 44.2 Å². The first-order chi connectivity index (χ1) is 22.1. The largest absolute Gasteiger partial charge is 0.508 e. The van der Waals surface area contributed by atoms with E-state index in [1.165, 1.54) is 12.1 Å². The molecule has 4 aliphatic heterocycles. The molecule has 0 saturated carbocycles. The Bertz CT molecular complexity index is 1870. The van der Waals surface area contributed by atoms with Gasteiger partial charge < -0.3 is 20.1 Å². The number of phenols is 1. The van der Waals surface area contributed by atoms with Crippen LogP contribution in [0.2, 0.25) is 5.02 Å². The molecule has 2 N–H and O–H groups in total. The summed E-state index contributed by atoms with van der Waals surface area (Å²) < 4.78 is 81.9.